The first-order valence-electron chi connectivity index (χ1n) is 4.02. The number of aldehydes is 1. The Kier molecular flexibility index (Phi) is 3.86. The van der Waals surface area contributed by atoms with E-state index < -0.39 is 6.10 Å². The zero-order valence-corrected chi connectivity index (χ0v) is 9.01. The highest BCUT2D eigenvalue weighted by molar-refractivity contribution is 6.36. The quantitative estimate of drug-likeness (QED) is 0.815. The third kappa shape index (κ3) is 2.23. The van der Waals surface area contributed by atoms with Crippen LogP contribution in [-0.4, -0.2) is 16.4 Å². The molecule has 0 unspecified atom stereocenters. The van der Waals surface area contributed by atoms with Gasteiger partial charge < -0.3 is 9.90 Å². The van der Waals surface area contributed by atoms with Crippen LogP contribution in [0.4, 0.5) is 0 Å². The van der Waals surface area contributed by atoms with E-state index in [-0.39, 0.29) is 11.4 Å². The van der Waals surface area contributed by atoms with E-state index in [9.17, 15) is 9.90 Å². The number of hydrogen-bond donors (Lipinski definition) is 1. The van der Waals surface area contributed by atoms with E-state index in [2.05, 4.69) is 4.98 Å². The lowest BCUT2D eigenvalue weighted by Crippen LogP contribution is -2.01. The van der Waals surface area contributed by atoms with Crippen molar-refractivity contribution in [1.29, 1.82) is 0 Å². The molecule has 1 N–H and O–H groups in total. The number of pyridine rings is 1. The van der Waals surface area contributed by atoms with Crippen molar-refractivity contribution >= 4 is 29.5 Å². The first-order valence-corrected chi connectivity index (χ1v) is 4.78. The SMILES string of the molecule is C[C@@H](O)c1ncc(Cl)c(CC=O)c1Cl. The molecule has 0 fully saturated rings. The number of hydrogen-bond acceptors (Lipinski definition) is 3. The number of carbonyl (C=O) groups excluding carboxylic acids is 1. The Labute approximate surface area is 91.7 Å². The number of aromatic nitrogens is 1. The topological polar surface area (TPSA) is 50.2 Å². The predicted octanol–water partition coefficient (Wildman–Crippen LogP) is 2.18. The van der Waals surface area contributed by atoms with Crippen molar-refractivity contribution in [3.8, 4) is 0 Å². The van der Waals surface area contributed by atoms with Crippen LogP contribution >= 0.6 is 23.2 Å². The molecule has 0 spiro atoms. The Bertz CT molecular complexity index is 353. The highest BCUT2D eigenvalue weighted by Gasteiger charge is 2.14. The number of aliphatic hydroxyl groups excluding tert-OH is 1. The molecule has 0 aromatic carbocycles. The van der Waals surface area contributed by atoms with Gasteiger partial charge in [-0.1, -0.05) is 23.2 Å². The standard InChI is InChI=1S/C9H9Cl2NO2/c1-5(14)9-8(11)6(2-3-13)7(10)4-12-9/h3-5,14H,2H2,1H3/t5-/m1/s1. The molecule has 0 radical (unpaired) electrons. The van der Waals surface area contributed by atoms with E-state index in [0.29, 0.717) is 22.6 Å². The van der Waals surface area contributed by atoms with Crippen molar-refractivity contribution in [2.45, 2.75) is 19.4 Å². The normalized spacial score (nSPS) is 12.6. The molecule has 0 bridgehead atoms. The van der Waals surface area contributed by atoms with Crippen LogP contribution in [0.5, 0.6) is 0 Å². The fraction of sp³-hybridized carbons (Fsp3) is 0.333. The molecule has 1 rings (SSSR count). The van der Waals surface area contributed by atoms with Gasteiger partial charge in [0.1, 0.15) is 6.29 Å². The maximum absolute atomic E-state index is 10.4. The van der Waals surface area contributed by atoms with Crippen molar-refractivity contribution < 1.29 is 9.90 Å². The third-order valence-electron chi connectivity index (χ3n) is 1.78. The molecule has 5 heteroatoms. The first kappa shape index (κ1) is 11.4. The molecule has 1 aromatic heterocycles. The number of rotatable bonds is 3. The maximum Gasteiger partial charge on any atom is 0.124 e. The Morgan fingerprint density at radius 1 is 1.64 bits per heavy atom. The average molecular weight is 234 g/mol. The molecular formula is C9H9Cl2NO2. The molecule has 0 amide bonds. The van der Waals surface area contributed by atoms with Crippen molar-refractivity contribution in [3.05, 3.63) is 27.5 Å². The van der Waals surface area contributed by atoms with Crippen molar-refractivity contribution in [3.63, 3.8) is 0 Å². The second kappa shape index (κ2) is 4.73. The second-order valence-electron chi connectivity index (χ2n) is 2.83. The van der Waals surface area contributed by atoms with Gasteiger partial charge in [-0.2, -0.15) is 0 Å². The minimum atomic E-state index is -0.773. The molecule has 0 aliphatic rings. The number of nitrogens with zero attached hydrogens (tertiary/aromatic N) is 1. The van der Waals surface area contributed by atoms with Gasteiger partial charge in [-0.25, -0.2) is 0 Å². The summed E-state index contributed by atoms with van der Waals surface area (Å²) in [5, 5.41) is 9.91. The molecule has 1 aromatic rings. The minimum Gasteiger partial charge on any atom is -0.387 e. The smallest absolute Gasteiger partial charge is 0.124 e. The lowest BCUT2D eigenvalue weighted by molar-refractivity contribution is -0.107. The third-order valence-corrected chi connectivity index (χ3v) is 2.53. The molecule has 0 saturated heterocycles. The van der Waals surface area contributed by atoms with Crippen LogP contribution in [0.3, 0.4) is 0 Å². The summed E-state index contributed by atoms with van der Waals surface area (Å²) in [6.07, 6.45) is 1.44. The van der Waals surface area contributed by atoms with Gasteiger partial charge >= 0.3 is 0 Å². The lowest BCUT2D eigenvalue weighted by atomic mass is 10.1. The Balaban J connectivity index is 3.25. The van der Waals surface area contributed by atoms with E-state index in [1.807, 2.05) is 0 Å². The Morgan fingerprint density at radius 3 is 2.79 bits per heavy atom. The molecule has 0 saturated carbocycles. The van der Waals surface area contributed by atoms with Crippen LogP contribution in [0.25, 0.3) is 0 Å². The summed E-state index contributed by atoms with van der Waals surface area (Å²) in [6.45, 7) is 1.55. The van der Waals surface area contributed by atoms with E-state index in [0.717, 1.165) is 0 Å². The van der Waals surface area contributed by atoms with Gasteiger partial charge in [-0.15, -0.1) is 0 Å². The van der Waals surface area contributed by atoms with Crippen LogP contribution in [0.15, 0.2) is 6.20 Å². The van der Waals surface area contributed by atoms with Gasteiger partial charge in [-0.05, 0) is 12.5 Å². The largest absolute Gasteiger partial charge is 0.387 e. The zero-order chi connectivity index (χ0) is 10.7. The number of aliphatic hydroxyl groups is 1. The van der Waals surface area contributed by atoms with Crippen molar-refractivity contribution in [2.24, 2.45) is 0 Å². The van der Waals surface area contributed by atoms with Gasteiger partial charge in [0.25, 0.3) is 0 Å². The highest BCUT2D eigenvalue weighted by Crippen LogP contribution is 2.29. The minimum absolute atomic E-state index is 0.125. The maximum atomic E-state index is 10.4. The van der Waals surface area contributed by atoms with Crippen LogP contribution in [-0.2, 0) is 11.2 Å². The van der Waals surface area contributed by atoms with Crippen LogP contribution < -0.4 is 0 Å². The summed E-state index contributed by atoms with van der Waals surface area (Å²) in [4.78, 5) is 14.3. The second-order valence-corrected chi connectivity index (χ2v) is 3.62. The summed E-state index contributed by atoms with van der Waals surface area (Å²) >= 11 is 11.7. The summed E-state index contributed by atoms with van der Waals surface area (Å²) in [7, 11) is 0. The van der Waals surface area contributed by atoms with Crippen LogP contribution in [0, 0.1) is 0 Å². The van der Waals surface area contributed by atoms with Crippen molar-refractivity contribution in [2.75, 3.05) is 0 Å². The average Bonchev–Trinajstić information content (AvgIpc) is 2.11. The fourth-order valence-electron chi connectivity index (χ4n) is 1.08. The Hall–Kier alpha value is -0.640. The van der Waals surface area contributed by atoms with Crippen LogP contribution in [0.2, 0.25) is 10.0 Å². The summed E-state index contributed by atoms with van der Waals surface area (Å²) in [6, 6.07) is 0. The highest BCUT2D eigenvalue weighted by atomic mass is 35.5. The zero-order valence-electron chi connectivity index (χ0n) is 7.50. The Morgan fingerprint density at radius 2 is 2.29 bits per heavy atom. The van der Waals surface area contributed by atoms with Gasteiger partial charge in [-0.3, -0.25) is 4.98 Å². The lowest BCUT2D eigenvalue weighted by Gasteiger charge is -2.10. The molecule has 76 valence electrons. The fourth-order valence-corrected chi connectivity index (χ4v) is 1.74. The van der Waals surface area contributed by atoms with Crippen molar-refractivity contribution in [1.82, 2.24) is 4.98 Å². The summed E-state index contributed by atoms with van der Waals surface area (Å²) < 4.78 is 0. The monoisotopic (exact) mass is 233 g/mol. The van der Waals surface area contributed by atoms with E-state index in [4.69, 9.17) is 23.2 Å². The van der Waals surface area contributed by atoms with Gasteiger partial charge in [0, 0.05) is 12.6 Å². The summed E-state index contributed by atoms with van der Waals surface area (Å²) in [5.41, 5.74) is 0.849. The van der Waals surface area contributed by atoms with E-state index in [1.54, 1.807) is 6.92 Å². The van der Waals surface area contributed by atoms with E-state index >= 15 is 0 Å². The van der Waals surface area contributed by atoms with Gasteiger partial charge in [0.2, 0.25) is 0 Å². The molecule has 3 nitrogen and oxygen atoms in total. The predicted molar refractivity (Wildman–Crippen MR) is 54.7 cm³/mol. The number of carbonyl (C=O) groups is 1. The molecule has 0 aliphatic heterocycles. The molecular weight excluding hydrogens is 225 g/mol. The molecule has 1 heterocycles. The molecule has 1 atom stereocenters. The number of halogens is 2. The van der Waals surface area contributed by atoms with Crippen LogP contribution in [0.1, 0.15) is 24.3 Å². The van der Waals surface area contributed by atoms with Gasteiger partial charge in [0.05, 0.1) is 21.8 Å². The summed E-state index contributed by atoms with van der Waals surface area (Å²) in [5.74, 6) is 0. The first-order chi connectivity index (χ1) is 6.57. The molecule has 14 heavy (non-hydrogen) atoms. The van der Waals surface area contributed by atoms with E-state index in [1.165, 1.54) is 6.20 Å². The molecule has 0 aliphatic carbocycles. The van der Waals surface area contributed by atoms with Gasteiger partial charge in [0.15, 0.2) is 0 Å².